The first-order valence-corrected chi connectivity index (χ1v) is 8.25. The molecular formula is C18H22N4O2. The number of piperidine rings is 1. The molecule has 0 atom stereocenters. The second kappa shape index (κ2) is 7.77. The number of amides is 1. The predicted octanol–water partition coefficient (Wildman–Crippen LogP) is 2.73. The molecule has 1 aliphatic rings. The van der Waals surface area contributed by atoms with E-state index in [0.717, 1.165) is 37.7 Å². The van der Waals surface area contributed by atoms with Gasteiger partial charge in [-0.05, 0) is 30.9 Å². The van der Waals surface area contributed by atoms with Gasteiger partial charge in [-0.15, -0.1) is 0 Å². The van der Waals surface area contributed by atoms with Gasteiger partial charge in [0.05, 0.1) is 0 Å². The maximum Gasteiger partial charge on any atom is 0.263 e. The minimum absolute atomic E-state index is 0.0510. The summed E-state index contributed by atoms with van der Waals surface area (Å²) in [5, 5.41) is 2.76. The molecule has 1 aliphatic heterocycles. The molecule has 1 fully saturated rings. The molecule has 3 rings (SSSR count). The molecule has 0 aliphatic carbocycles. The highest BCUT2D eigenvalue weighted by molar-refractivity contribution is 5.91. The van der Waals surface area contributed by atoms with E-state index < -0.39 is 0 Å². The van der Waals surface area contributed by atoms with E-state index in [1.54, 1.807) is 0 Å². The van der Waals surface area contributed by atoms with Crippen LogP contribution in [0.15, 0.2) is 42.7 Å². The Labute approximate surface area is 141 Å². The zero-order chi connectivity index (χ0) is 16.8. The minimum atomic E-state index is -0.240. The normalized spacial score (nSPS) is 15.1. The fourth-order valence-electron chi connectivity index (χ4n) is 2.67. The summed E-state index contributed by atoms with van der Waals surface area (Å²) in [6.07, 6.45) is 3.81. The number of hydrogen-bond acceptors (Lipinski definition) is 5. The third kappa shape index (κ3) is 4.44. The van der Waals surface area contributed by atoms with Gasteiger partial charge in [0.25, 0.3) is 5.91 Å². The summed E-state index contributed by atoms with van der Waals surface area (Å²) in [5.41, 5.74) is 0. The molecule has 0 saturated carbocycles. The molecule has 0 unspecified atom stereocenters. The number of nitrogens with one attached hydrogen (secondary N) is 1. The predicted molar refractivity (Wildman–Crippen MR) is 93.2 cm³/mol. The summed E-state index contributed by atoms with van der Waals surface area (Å²) in [7, 11) is 0. The van der Waals surface area contributed by atoms with Crippen LogP contribution < -0.4 is 15.0 Å². The van der Waals surface area contributed by atoms with Crippen molar-refractivity contribution in [2.45, 2.75) is 19.8 Å². The second-order valence-electron chi connectivity index (χ2n) is 6.08. The molecule has 0 bridgehead atoms. The van der Waals surface area contributed by atoms with Crippen molar-refractivity contribution in [3.63, 3.8) is 0 Å². The van der Waals surface area contributed by atoms with E-state index in [1.165, 1.54) is 6.33 Å². The zero-order valence-electron chi connectivity index (χ0n) is 13.8. The van der Waals surface area contributed by atoms with Crippen LogP contribution in [0, 0.1) is 5.92 Å². The van der Waals surface area contributed by atoms with Gasteiger partial charge in [-0.1, -0.05) is 25.1 Å². The van der Waals surface area contributed by atoms with E-state index in [-0.39, 0.29) is 12.5 Å². The van der Waals surface area contributed by atoms with Gasteiger partial charge < -0.3 is 15.0 Å². The monoisotopic (exact) mass is 326 g/mol. The van der Waals surface area contributed by atoms with Crippen LogP contribution in [0.1, 0.15) is 19.8 Å². The van der Waals surface area contributed by atoms with Gasteiger partial charge in [-0.2, -0.15) is 0 Å². The lowest BCUT2D eigenvalue weighted by Gasteiger charge is -2.31. The molecule has 24 heavy (non-hydrogen) atoms. The Morgan fingerprint density at radius 1 is 1.25 bits per heavy atom. The van der Waals surface area contributed by atoms with Crippen LogP contribution in [-0.4, -0.2) is 35.6 Å². The number of anilines is 2. The number of rotatable bonds is 5. The quantitative estimate of drug-likeness (QED) is 0.915. The van der Waals surface area contributed by atoms with E-state index in [0.29, 0.717) is 11.6 Å². The van der Waals surface area contributed by atoms with E-state index in [4.69, 9.17) is 4.74 Å². The fourth-order valence-corrected chi connectivity index (χ4v) is 2.67. The number of ether oxygens (including phenoxy) is 1. The molecule has 1 amide bonds. The molecule has 6 nitrogen and oxygen atoms in total. The molecule has 6 heteroatoms. The Kier molecular flexibility index (Phi) is 5.25. The van der Waals surface area contributed by atoms with E-state index in [2.05, 4.69) is 27.1 Å². The first-order chi connectivity index (χ1) is 11.7. The van der Waals surface area contributed by atoms with Crippen LogP contribution in [0.4, 0.5) is 11.6 Å². The van der Waals surface area contributed by atoms with Crippen LogP contribution >= 0.6 is 0 Å². The number of nitrogens with zero attached hydrogens (tertiary/aromatic N) is 3. The first-order valence-electron chi connectivity index (χ1n) is 8.25. The number of carbonyl (C=O) groups excluding carboxylic acids is 1. The van der Waals surface area contributed by atoms with Gasteiger partial charge >= 0.3 is 0 Å². The van der Waals surface area contributed by atoms with E-state index in [1.807, 2.05) is 36.4 Å². The van der Waals surface area contributed by atoms with Gasteiger partial charge in [0.1, 0.15) is 23.7 Å². The molecule has 0 radical (unpaired) electrons. The van der Waals surface area contributed by atoms with Gasteiger partial charge in [-0.3, -0.25) is 4.79 Å². The first kappa shape index (κ1) is 16.2. The highest BCUT2D eigenvalue weighted by atomic mass is 16.5. The molecule has 2 heterocycles. The van der Waals surface area contributed by atoms with Crippen molar-refractivity contribution in [3.8, 4) is 5.75 Å². The fraction of sp³-hybridized carbons (Fsp3) is 0.389. The third-order valence-electron chi connectivity index (χ3n) is 4.14. The molecular weight excluding hydrogens is 304 g/mol. The summed E-state index contributed by atoms with van der Waals surface area (Å²) in [4.78, 5) is 22.7. The number of hydrogen-bond donors (Lipinski definition) is 1. The van der Waals surface area contributed by atoms with Crippen molar-refractivity contribution in [2.24, 2.45) is 5.92 Å². The lowest BCUT2D eigenvalue weighted by Crippen LogP contribution is -2.33. The molecule has 1 N–H and O–H groups in total. The summed E-state index contributed by atoms with van der Waals surface area (Å²) < 4.78 is 5.43. The number of benzene rings is 1. The second-order valence-corrected chi connectivity index (χ2v) is 6.08. The van der Waals surface area contributed by atoms with Crippen LogP contribution in [0.2, 0.25) is 0 Å². The van der Waals surface area contributed by atoms with E-state index in [9.17, 15) is 4.79 Å². The van der Waals surface area contributed by atoms with Gasteiger partial charge in [0, 0.05) is 19.2 Å². The number of carbonyl (C=O) groups is 1. The van der Waals surface area contributed by atoms with Gasteiger partial charge in [0.15, 0.2) is 6.61 Å². The van der Waals surface area contributed by atoms with Gasteiger partial charge in [-0.25, -0.2) is 9.97 Å². The summed E-state index contributed by atoms with van der Waals surface area (Å²) in [5.74, 6) is 2.54. The average molecular weight is 326 g/mol. The summed E-state index contributed by atoms with van der Waals surface area (Å²) in [6.45, 7) is 4.20. The van der Waals surface area contributed by atoms with Crippen LogP contribution in [-0.2, 0) is 4.79 Å². The van der Waals surface area contributed by atoms with Crippen LogP contribution in [0.5, 0.6) is 5.75 Å². The lowest BCUT2D eigenvalue weighted by atomic mass is 9.99. The van der Waals surface area contributed by atoms with Crippen molar-refractivity contribution < 1.29 is 9.53 Å². The topological polar surface area (TPSA) is 67.4 Å². The van der Waals surface area contributed by atoms with Crippen molar-refractivity contribution in [1.82, 2.24) is 9.97 Å². The number of aromatic nitrogens is 2. The van der Waals surface area contributed by atoms with Gasteiger partial charge in [0.2, 0.25) is 0 Å². The molecule has 126 valence electrons. The Hall–Kier alpha value is -2.63. The van der Waals surface area contributed by atoms with Crippen LogP contribution in [0.25, 0.3) is 0 Å². The molecule has 1 saturated heterocycles. The zero-order valence-corrected chi connectivity index (χ0v) is 13.8. The maximum atomic E-state index is 12.0. The Morgan fingerprint density at radius 2 is 2.00 bits per heavy atom. The van der Waals surface area contributed by atoms with E-state index >= 15 is 0 Å². The van der Waals surface area contributed by atoms with Crippen molar-refractivity contribution in [1.29, 1.82) is 0 Å². The summed E-state index contributed by atoms with van der Waals surface area (Å²) >= 11 is 0. The average Bonchev–Trinajstić information content (AvgIpc) is 2.62. The third-order valence-corrected chi connectivity index (χ3v) is 4.14. The Morgan fingerprint density at radius 3 is 2.75 bits per heavy atom. The molecule has 1 aromatic heterocycles. The molecule has 2 aromatic rings. The standard InChI is InChI=1S/C18H22N4O2/c1-14-7-9-22(10-8-14)17-11-16(19-13-20-17)21-18(23)12-24-15-5-3-2-4-6-15/h2-6,11,13-14H,7-10,12H2,1H3,(H,19,20,21,23). The maximum absolute atomic E-state index is 12.0. The smallest absolute Gasteiger partial charge is 0.263 e. The largest absolute Gasteiger partial charge is 0.484 e. The molecule has 1 aromatic carbocycles. The Balaban J connectivity index is 1.55. The van der Waals surface area contributed by atoms with Crippen molar-refractivity contribution in [3.05, 3.63) is 42.7 Å². The summed E-state index contributed by atoms with van der Waals surface area (Å²) in [6, 6.07) is 11.1. The molecule has 0 spiro atoms. The lowest BCUT2D eigenvalue weighted by molar-refractivity contribution is -0.118. The highest BCUT2D eigenvalue weighted by Crippen LogP contribution is 2.22. The number of para-hydroxylation sites is 1. The van der Waals surface area contributed by atoms with Crippen molar-refractivity contribution in [2.75, 3.05) is 29.9 Å². The Bertz CT molecular complexity index is 670. The van der Waals surface area contributed by atoms with Crippen LogP contribution in [0.3, 0.4) is 0 Å². The SMILES string of the molecule is CC1CCN(c2cc(NC(=O)COc3ccccc3)ncn2)CC1. The minimum Gasteiger partial charge on any atom is -0.484 e. The van der Waals surface area contributed by atoms with Crippen molar-refractivity contribution >= 4 is 17.5 Å². The highest BCUT2D eigenvalue weighted by Gasteiger charge is 2.17.